The molecule has 5 heteroatoms. The Morgan fingerprint density at radius 1 is 1.12 bits per heavy atom. The monoisotopic (exact) mass is 454 g/mol. The third-order valence-electron chi connectivity index (χ3n) is 8.86. The minimum Gasteiger partial charge on any atom is -0.459 e. The minimum atomic E-state index is -1.71. The Kier molecular flexibility index (Phi) is 5.20. The van der Waals surface area contributed by atoms with Gasteiger partial charge < -0.3 is 4.74 Å². The first-order valence-corrected chi connectivity index (χ1v) is 12.6. The Morgan fingerprint density at radius 3 is 2.59 bits per heavy atom. The fraction of sp³-hybridized carbons (Fsp3) is 0.556. The van der Waals surface area contributed by atoms with Crippen LogP contribution in [-0.2, 0) is 14.3 Å². The van der Waals surface area contributed by atoms with Gasteiger partial charge in [-0.2, -0.15) is 0 Å². The highest BCUT2D eigenvalue weighted by molar-refractivity contribution is 8.00. The van der Waals surface area contributed by atoms with E-state index < -0.39 is 23.2 Å². The zero-order chi connectivity index (χ0) is 22.7. The Labute approximate surface area is 193 Å². The van der Waals surface area contributed by atoms with Crippen molar-refractivity contribution in [2.24, 2.45) is 22.7 Å². The molecule has 0 aliphatic heterocycles. The van der Waals surface area contributed by atoms with Crippen LogP contribution in [0.25, 0.3) is 0 Å². The molecule has 0 aromatic heterocycles. The zero-order valence-corrected chi connectivity index (χ0v) is 19.8. The third-order valence-corrected chi connectivity index (χ3v) is 10.5. The molecule has 0 amide bonds. The van der Waals surface area contributed by atoms with E-state index in [1.54, 1.807) is 12.2 Å². The molecule has 4 aliphatic carbocycles. The van der Waals surface area contributed by atoms with Gasteiger partial charge in [-0.3, -0.25) is 9.59 Å². The van der Waals surface area contributed by atoms with Crippen LogP contribution in [0.1, 0.15) is 52.9 Å². The van der Waals surface area contributed by atoms with Crippen LogP contribution in [0, 0.1) is 22.7 Å². The SMILES string of the molecule is CC(=O)O[C@H]1C[C@]2(C)[C@H](Sc3ccccc3)CC[C@H]2[C@@H]2CCC3=CC(=O)C=C[C@]3(C)[C@@]12F. The molecule has 3 saturated carbocycles. The molecular weight excluding hydrogens is 423 g/mol. The molecule has 5 rings (SSSR count). The lowest BCUT2D eigenvalue weighted by Crippen LogP contribution is -2.67. The number of rotatable bonds is 3. The van der Waals surface area contributed by atoms with Gasteiger partial charge in [0.25, 0.3) is 0 Å². The van der Waals surface area contributed by atoms with Crippen LogP contribution < -0.4 is 0 Å². The van der Waals surface area contributed by atoms with Crippen LogP contribution in [0.2, 0.25) is 0 Å². The van der Waals surface area contributed by atoms with E-state index in [-0.39, 0.29) is 23.0 Å². The van der Waals surface area contributed by atoms with Crippen LogP contribution in [0.3, 0.4) is 0 Å². The number of fused-ring (bicyclic) bond motifs is 5. The molecule has 1 aromatic rings. The summed E-state index contributed by atoms with van der Waals surface area (Å²) >= 11 is 1.88. The summed E-state index contributed by atoms with van der Waals surface area (Å²) in [6.07, 6.45) is 7.98. The van der Waals surface area contributed by atoms with E-state index in [0.717, 1.165) is 24.8 Å². The molecule has 0 N–H and O–H groups in total. The topological polar surface area (TPSA) is 43.4 Å². The third kappa shape index (κ3) is 3.07. The average Bonchev–Trinajstić information content (AvgIpc) is 3.06. The predicted molar refractivity (Wildman–Crippen MR) is 124 cm³/mol. The Morgan fingerprint density at radius 2 is 1.88 bits per heavy atom. The van der Waals surface area contributed by atoms with Gasteiger partial charge in [0, 0.05) is 28.4 Å². The molecule has 0 heterocycles. The van der Waals surface area contributed by atoms with Crippen molar-refractivity contribution in [1.82, 2.24) is 0 Å². The van der Waals surface area contributed by atoms with E-state index in [2.05, 4.69) is 31.2 Å². The lowest BCUT2D eigenvalue weighted by molar-refractivity contribution is -0.208. The first-order valence-electron chi connectivity index (χ1n) is 11.7. The molecule has 3 nitrogen and oxygen atoms in total. The fourth-order valence-electron chi connectivity index (χ4n) is 7.31. The number of allylic oxidation sites excluding steroid dienone is 4. The van der Waals surface area contributed by atoms with Crippen molar-refractivity contribution < 1.29 is 18.7 Å². The summed E-state index contributed by atoms with van der Waals surface area (Å²) in [7, 11) is 0. The standard InChI is InChI=1S/C27H31FO3S/c1-17(29)31-23-16-25(2)21(11-12-24(25)32-20-7-5-4-6-8-20)22-10-9-18-15-19(30)13-14-26(18,3)27(22,23)28/h4-8,13-15,21-24H,9-12,16H2,1-3H3/t21-,22-,23-,24+,25-,26-,27-/m0/s1. The normalized spacial score (nSPS) is 42.5. The van der Waals surface area contributed by atoms with Gasteiger partial charge in [0.05, 0.1) is 0 Å². The number of alkyl halides is 1. The maximum Gasteiger partial charge on any atom is 0.303 e. The largest absolute Gasteiger partial charge is 0.459 e. The lowest BCUT2D eigenvalue weighted by atomic mass is 9.46. The van der Waals surface area contributed by atoms with Crippen LogP contribution in [0.15, 0.2) is 59.0 Å². The summed E-state index contributed by atoms with van der Waals surface area (Å²) in [5.74, 6) is -0.491. The number of ketones is 1. The Hall–Kier alpha value is -1.88. The minimum absolute atomic E-state index is 0.0793. The molecular formula is C27H31FO3S. The summed E-state index contributed by atoms with van der Waals surface area (Å²) in [6.45, 7) is 5.56. The number of hydrogen-bond donors (Lipinski definition) is 0. The number of benzene rings is 1. The molecule has 0 unspecified atom stereocenters. The quantitative estimate of drug-likeness (QED) is 0.519. The van der Waals surface area contributed by atoms with Crippen LogP contribution in [0.5, 0.6) is 0 Å². The summed E-state index contributed by atoms with van der Waals surface area (Å²) in [6, 6.07) is 10.4. The van der Waals surface area contributed by atoms with Crippen molar-refractivity contribution in [1.29, 1.82) is 0 Å². The van der Waals surface area contributed by atoms with E-state index in [1.165, 1.54) is 17.9 Å². The van der Waals surface area contributed by atoms with Gasteiger partial charge in [-0.1, -0.05) is 36.8 Å². The predicted octanol–water partition coefficient (Wildman–Crippen LogP) is 6.09. The maximum atomic E-state index is 17.6. The van der Waals surface area contributed by atoms with E-state index in [9.17, 15) is 9.59 Å². The highest BCUT2D eigenvalue weighted by Crippen LogP contribution is 2.69. The number of carbonyl (C=O) groups excluding carboxylic acids is 2. The van der Waals surface area contributed by atoms with Crippen molar-refractivity contribution >= 4 is 23.5 Å². The van der Waals surface area contributed by atoms with Crippen LogP contribution in [-0.4, -0.2) is 28.8 Å². The molecule has 0 saturated heterocycles. The van der Waals surface area contributed by atoms with E-state index in [4.69, 9.17) is 4.74 Å². The van der Waals surface area contributed by atoms with Crippen LogP contribution in [0.4, 0.5) is 4.39 Å². The number of ether oxygens (including phenoxy) is 1. The second kappa shape index (κ2) is 7.58. The van der Waals surface area contributed by atoms with Gasteiger partial charge in [-0.05, 0) is 74.6 Å². The molecule has 7 atom stereocenters. The Bertz CT molecular complexity index is 1000. The van der Waals surface area contributed by atoms with Gasteiger partial charge in [0.1, 0.15) is 6.10 Å². The molecule has 3 fully saturated rings. The number of thioether (sulfide) groups is 1. The van der Waals surface area contributed by atoms with Crippen molar-refractivity contribution in [2.75, 3.05) is 0 Å². The number of esters is 1. The van der Waals surface area contributed by atoms with Gasteiger partial charge in [-0.15, -0.1) is 11.8 Å². The van der Waals surface area contributed by atoms with E-state index in [0.29, 0.717) is 18.1 Å². The van der Waals surface area contributed by atoms with Crippen LogP contribution >= 0.6 is 11.8 Å². The molecule has 0 radical (unpaired) electrons. The molecule has 4 aliphatic rings. The van der Waals surface area contributed by atoms with E-state index in [1.807, 2.05) is 24.8 Å². The van der Waals surface area contributed by atoms with Crippen molar-refractivity contribution in [2.45, 2.75) is 74.8 Å². The van der Waals surface area contributed by atoms with Crippen molar-refractivity contribution in [3.05, 3.63) is 54.1 Å². The van der Waals surface area contributed by atoms with Gasteiger partial charge in [0.2, 0.25) is 0 Å². The summed E-state index contributed by atoms with van der Waals surface area (Å²) in [5.41, 5.74) is -1.91. The van der Waals surface area contributed by atoms with Gasteiger partial charge in [-0.25, -0.2) is 4.39 Å². The molecule has 1 aromatic carbocycles. The molecule has 0 bridgehead atoms. The number of halogens is 1. The van der Waals surface area contributed by atoms with Gasteiger partial charge in [0.15, 0.2) is 11.5 Å². The maximum absolute atomic E-state index is 17.6. The summed E-state index contributed by atoms with van der Waals surface area (Å²) in [4.78, 5) is 25.4. The second-order valence-electron chi connectivity index (χ2n) is 10.4. The zero-order valence-electron chi connectivity index (χ0n) is 19.0. The Balaban J connectivity index is 1.56. The smallest absolute Gasteiger partial charge is 0.303 e. The lowest BCUT2D eigenvalue weighted by Gasteiger charge is -2.62. The molecule has 0 spiro atoms. The highest BCUT2D eigenvalue weighted by atomic mass is 32.2. The van der Waals surface area contributed by atoms with Crippen molar-refractivity contribution in [3.8, 4) is 0 Å². The molecule has 32 heavy (non-hydrogen) atoms. The van der Waals surface area contributed by atoms with Gasteiger partial charge >= 0.3 is 5.97 Å². The average molecular weight is 455 g/mol. The number of hydrogen-bond acceptors (Lipinski definition) is 4. The van der Waals surface area contributed by atoms with E-state index >= 15 is 4.39 Å². The second-order valence-corrected chi connectivity index (χ2v) is 11.7. The summed E-state index contributed by atoms with van der Waals surface area (Å²) in [5, 5.41) is 0.353. The first-order chi connectivity index (χ1) is 15.2. The molecule has 170 valence electrons. The van der Waals surface area contributed by atoms with Crippen molar-refractivity contribution in [3.63, 3.8) is 0 Å². The summed E-state index contributed by atoms with van der Waals surface area (Å²) < 4.78 is 23.4. The number of carbonyl (C=O) groups is 2. The fourth-order valence-corrected chi connectivity index (χ4v) is 8.75. The highest BCUT2D eigenvalue weighted by Gasteiger charge is 2.71. The first kappa shape index (κ1) is 21.9.